The lowest BCUT2D eigenvalue weighted by atomic mass is 10.0. The topological polar surface area (TPSA) is 41.6 Å². The number of para-hydroxylation sites is 1. The van der Waals surface area contributed by atoms with Gasteiger partial charge in [-0.05, 0) is 25.1 Å². The minimum Gasteiger partial charge on any atom is -0.442 e. The van der Waals surface area contributed by atoms with E-state index in [2.05, 4.69) is 5.32 Å². The maximum absolute atomic E-state index is 13.1. The van der Waals surface area contributed by atoms with E-state index in [9.17, 15) is 18.0 Å². The molecule has 0 spiro atoms. The summed E-state index contributed by atoms with van der Waals surface area (Å²) in [5.41, 5.74) is -0.935. The van der Waals surface area contributed by atoms with E-state index in [0.29, 0.717) is 19.5 Å². The second kappa shape index (κ2) is 4.66. The zero-order valence-electron chi connectivity index (χ0n) is 10.5. The standard InChI is InChI=1S/C13H13F3N2O2/c14-13(15,16)8-3-1-2-4-9(8)18-10-5-6-17-7-11(10)20-12(18)19/h1-4,10-11,17H,5-7H2. The van der Waals surface area contributed by atoms with E-state index >= 15 is 0 Å². The number of hydrogen-bond acceptors (Lipinski definition) is 3. The molecule has 2 unspecified atom stereocenters. The number of carbonyl (C=O) groups excluding carboxylic acids is 1. The average Bonchev–Trinajstić information content (AvgIpc) is 2.73. The first-order valence-electron chi connectivity index (χ1n) is 6.35. The van der Waals surface area contributed by atoms with Crippen molar-refractivity contribution < 1.29 is 22.7 Å². The van der Waals surface area contributed by atoms with Crippen molar-refractivity contribution in [2.45, 2.75) is 24.7 Å². The number of hydrogen-bond donors (Lipinski definition) is 1. The van der Waals surface area contributed by atoms with Crippen LogP contribution in [0.15, 0.2) is 24.3 Å². The van der Waals surface area contributed by atoms with Crippen LogP contribution in [-0.2, 0) is 10.9 Å². The van der Waals surface area contributed by atoms with Gasteiger partial charge in [0.05, 0.1) is 17.3 Å². The second-order valence-electron chi connectivity index (χ2n) is 4.87. The van der Waals surface area contributed by atoms with Gasteiger partial charge in [-0.25, -0.2) is 4.79 Å². The normalized spacial score (nSPS) is 26.4. The molecule has 3 rings (SSSR count). The zero-order chi connectivity index (χ0) is 14.3. The molecule has 0 aromatic heterocycles. The maximum atomic E-state index is 13.1. The van der Waals surface area contributed by atoms with Crippen molar-refractivity contribution in [1.82, 2.24) is 5.32 Å². The third-order valence-electron chi connectivity index (χ3n) is 3.64. The zero-order valence-corrected chi connectivity index (χ0v) is 10.5. The second-order valence-corrected chi connectivity index (χ2v) is 4.87. The van der Waals surface area contributed by atoms with Gasteiger partial charge in [0.2, 0.25) is 0 Å². The molecule has 2 heterocycles. The first kappa shape index (κ1) is 13.2. The number of piperidine rings is 1. The van der Waals surface area contributed by atoms with Gasteiger partial charge >= 0.3 is 12.3 Å². The molecule has 2 fully saturated rings. The monoisotopic (exact) mass is 286 g/mol. The third-order valence-corrected chi connectivity index (χ3v) is 3.64. The molecule has 2 aliphatic heterocycles. The fourth-order valence-corrected chi connectivity index (χ4v) is 2.75. The van der Waals surface area contributed by atoms with Gasteiger partial charge in [0.25, 0.3) is 0 Å². The van der Waals surface area contributed by atoms with Gasteiger partial charge in [0, 0.05) is 6.54 Å². The van der Waals surface area contributed by atoms with Crippen molar-refractivity contribution in [3.05, 3.63) is 29.8 Å². The predicted octanol–water partition coefficient (Wildman–Crippen LogP) is 2.39. The van der Waals surface area contributed by atoms with Crippen LogP contribution in [0, 0.1) is 0 Å². The van der Waals surface area contributed by atoms with Crippen molar-refractivity contribution in [2.75, 3.05) is 18.0 Å². The van der Waals surface area contributed by atoms with Crippen LogP contribution in [0.2, 0.25) is 0 Å². The molecule has 1 N–H and O–H groups in total. The molecule has 1 aromatic carbocycles. The van der Waals surface area contributed by atoms with Crippen LogP contribution in [0.1, 0.15) is 12.0 Å². The highest BCUT2D eigenvalue weighted by atomic mass is 19.4. The van der Waals surface area contributed by atoms with Gasteiger partial charge in [-0.2, -0.15) is 13.2 Å². The van der Waals surface area contributed by atoms with E-state index in [1.807, 2.05) is 0 Å². The summed E-state index contributed by atoms with van der Waals surface area (Å²) in [5, 5.41) is 3.07. The highest BCUT2D eigenvalue weighted by Crippen LogP contribution is 2.40. The molecule has 20 heavy (non-hydrogen) atoms. The van der Waals surface area contributed by atoms with E-state index in [1.54, 1.807) is 0 Å². The highest BCUT2D eigenvalue weighted by Gasteiger charge is 2.46. The lowest BCUT2D eigenvalue weighted by molar-refractivity contribution is -0.137. The number of nitrogens with one attached hydrogen (secondary N) is 1. The minimum absolute atomic E-state index is 0.126. The molecular formula is C13H13F3N2O2. The summed E-state index contributed by atoms with van der Waals surface area (Å²) >= 11 is 0. The minimum atomic E-state index is -4.50. The Bertz CT molecular complexity index is 533. The fourth-order valence-electron chi connectivity index (χ4n) is 2.75. The van der Waals surface area contributed by atoms with Gasteiger partial charge in [-0.15, -0.1) is 0 Å². The third kappa shape index (κ3) is 2.11. The summed E-state index contributed by atoms with van der Waals surface area (Å²) in [5.74, 6) is 0. The Morgan fingerprint density at radius 3 is 2.80 bits per heavy atom. The predicted molar refractivity (Wildman–Crippen MR) is 65.5 cm³/mol. The Morgan fingerprint density at radius 1 is 1.30 bits per heavy atom. The molecule has 108 valence electrons. The molecule has 0 saturated carbocycles. The van der Waals surface area contributed by atoms with Gasteiger partial charge < -0.3 is 10.1 Å². The number of anilines is 1. The number of fused-ring (bicyclic) bond motifs is 1. The van der Waals surface area contributed by atoms with E-state index in [-0.39, 0.29) is 11.7 Å². The van der Waals surface area contributed by atoms with Gasteiger partial charge in [-0.1, -0.05) is 12.1 Å². The molecule has 2 aliphatic rings. The highest BCUT2D eigenvalue weighted by molar-refractivity contribution is 5.92. The molecule has 2 saturated heterocycles. The Hall–Kier alpha value is -1.76. The fraction of sp³-hybridized carbons (Fsp3) is 0.462. The van der Waals surface area contributed by atoms with E-state index < -0.39 is 23.9 Å². The van der Waals surface area contributed by atoms with Crippen LogP contribution >= 0.6 is 0 Å². The van der Waals surface area contributed by atoms with Crippen molar-refractivity contribution >= 4 is 11.8 Å². The number of rotatable bonds is 1. The molecule has 1 aromatic rings. The van der Waals surface area contributed by atoms with Crippen LogP contribution in [0.25, 0.3) is 0 Å². The molecule has 4 nitrogen and oxygen atoms in total. The van der Waals surface area contributed by atoms with Gasteiger partial charge in [-0.3, -0.25) is 4.90 Å². The van der Waals surface area contributed by atoms with Gasteiger partial charge in [0.15, 0.2) is 0 Å². The summed E-state index contributed by atoms with van der Waals surface area (Å²) in [6, 6.07) is 4.76. The smallest absolute Gasteiger partial charge is 0.418 e. The van der Waals surface area contributed by atoms with E-state index in [0.717, 1.165) is 11.0 Å². The van der Waals surface area contributed by atoms with E-state index in [1.165, 1.54) is 18.2 Å². The molecule has 1 amide bonds. The summed E-state index contributed by atoms with van der Waals surface area (Å²) in [6.07, 6.45) is -5.03. The first-order valence-corrected chi connectivity index (χ1v) is 6.35. The Balaban J connectivity index is 2.02. The number of benzene rings is 1. The summed E-state index contributed by atoms with van der Waals surface area (Å²) in [7, 11) is 0. The van der Waals surface area contributed by atoms with Crippen LogP contribution in [-0.4, -0.2) is 31.3 Å². The Morgan fingerprint density at radius 2 is 2.05 bits per heavy atom. The molecular weight excluding hydrogens is 273 g/mol. The molecule has 2 atom stereocenters. The average molecular weight is 286 g/mol. The lowest BCUT2D eigenvalue weighted by Crippen LogP contribution is -2.47. The van der Waals surface area contributed by atoms with Crippen molar-refractivity contribution in [2.24, 2.45) is 0 Å². The number of halogens is 3. The lowest BCUT2D eigenvalue weighted by Gasteiger charge is -2.29. The van der Waals surface area contributed by atoms with Crippen LogP contribution in [0.3, 0.4) is 0 Å². The van der Waals surface area contributed by atoms with Crippen LogP contribution in [0.5, 0.6) is 0 Å². The molecule has 0 aliphatic carbocycles. The first-order chi connectivity index (χ1) is 9.48. The summed E-state index contributed by atoms with van der Waals surface area (Å²) in [4.78, 5) is 13.1. The van der Waals surface area contributed by atoms with Crippen molar-refractivity contribution in [1.29, 1.82) is 0 Å². The van der Waals surface area contributed by atoms with E-state index in [4.69, 9.17) is 4.74 Å². The summed E-state index contributed by atoms with van der Waals surface area (Å²) < 4.78 is 44.3. The number of carbonyl (C=O) groups is 1. The quantitative estimate of drug-likeness (QED) is 0.862. The molecule has 0 radical (unpaired) electrons. The van der Waals surface area contributed by atoms with Gasteiger partial charge in [0.1, 0.15) is 6.10 Å². The molecule has 7 heteroatoms. The number of nitrogens with zero attached hydrogens (tertiary/aromatic N) is 1. The number of amides is 1. The Kier molecular flexibility index (Phi) is 3.08. The maximum Gasteiger partial charge on any atom is 0.418 e. The molecule has 0 bridgehead atoms. The Labute approximate surface area is 113 Å². The van der Waals surface area contributed by atoms with Crippen LogP contribution < -0.4 is 10.2 Å². The number of ether oxygens (including phenoxy) is 1. The van der Waals surface area contributed by atoms with Crippen LogP contribution in [0.4, 0.5) is 23.7 Å². The van der Waals surface area contributed by atoms with Crippen molar-refractivity contribution in [3.63, 3.8) is 0 Å². The SMILES string of the molecule is O=C1OC2CNCCC2N1c1ccccc1C(F)(F)F. The van der Waals surface area contributed by atoms with Crippen molar-refractivity contribution in [3.8, 4) is 0 Å². The number of alkyl halides is 3. The largest absolute Gasteiger partial charge is 0.442 e. The summed E-state index contributed by atoms with van der Waals surface area (Å²) in [6.45, 7) is 1.13.